The molecule has 1 amide bonds. The van der Waals surface area contributed by atoms with Crippen LogP contribution in [0.1, 0.15) is 40.2 Å². The summed E-state index contributed by atoms with van der Waals surface area (Å²) >= 11 is 1.65. The van der Waals surface area contributed by atoms with Crippen molar-refractivity contribution in [3.63, 3.8) is 0 Å². The Kier molecular flexibility index (Phi) is 6.41. The van der Waals surface area contributed by atoms with E-state index < -0.39 is 11.6 Å². The van der Waals surface area contributed by atoms with Crippen LogP contribution in [0.25, 0.3) is 0 Å². The van der Waals surface area contributed by atoms with Crippen LogP contribution in [0.15, 0.2) is 72.1 Å². The maximum Gasteiger partial charge on any atom is 0.251 e. The fourth-order valence-electron chi connectivity index (χ4n) is 4.25. The van der Waals surface area contributed by atoms with Gasteiger partial charge in [-0.05, 0) is 54.6 Å². The average Bonchev–Trinajstić information content (AvgIpc) is 3.31. The molecular weight excluding hydrogens is 408 g/mol. The van der Waals surface area contributed by atoms with E-state index >= 15 is 0 Å². The van der Waals surface area contributed by atoms with Crippen molar-refractivity contribution >= 4 is 17.2 Å². The highest BCUT2D eigenvalue weighted by Crippen LogP contribution is 2.40. The standard InChI is InChI=1S/C25H28N2O3S/c1-25(29)13-14-27(17-18-8-6-11-20(16-18)30-2)22(21-12-7-15-31-21)23(25)26-24(28)19-9-4-3-5-10-19/h3-12,15-16,22-23,29H,13-14,17H2,1-2H3,(H,26,28). The molecule has 5 nitrogen and oxygen atoms in total. The van der Waals surface area contributed by atoms with Gasteiger partial charge in [0.25, 0.3) is 5.91 Å². The second kappa shape index (κ2) is 9.22. The Balaban J connectivity index is 1.65. The van der Waals surface area contributed by atoms with E-state index in [1.807, 2.05) is 54.8 Å². The van der Waals surface area contributed by atoms with Gasteiger partial charge in [-0.1, -0.05) is 36.4 Å². The summed E-state index contributed by atoms with van der Waals surface area (Å²) in [5.74, 6) is 0.652. The van der Waals surface area contributed by atoms with Crippen LogP contribution in [0.2, 0.25) is 0 Å². The third kappa shape index (κ3) is 4.82. The first-order valence-corrected chi connectivity index (χ1v) is 11.3. The molecule has 1 aliphatic rings. The van der Waals surface area contributed by atoms with Crippen LogP contribution in [-0.2, 0) is 6.54 Å². The van der Waals surface area contributed by atoms with E-state index in [-0.39, 0.29) is 11.9 Å². The molecule has 2 aromatic carbocycles. The van der Waals surface area contributed by atoms with Gasteiger partial charge in [-0.3, -0.25) is 9.69 Å². The van der Waals surface area contributed by atoms with Crippen LogP contribution in [0, 0.1) is 0 Å². The Morgan fingerprint density at radius 1 is 1.19 bits per heavy atom. The number of likely N-dealkylation sites (tertiary alicyclic amines) is 1. The SMILES string of the molecule is COc1cccc(CN2CCC(C)(O)C(NC(=O)c3ccccc3)C2c2cccs2)c1. The molecule has 0 spiro atoms. The van der Waals surface area contributed by atoms with Gasteiger partial charge in [0.1, 0.15) is 5.75 Å². The number of carbonyl (C=O) groups is 1. The fraction of sp³-hybridized carbons (Fsp3) is 0.320. The van der Waals surface area contributed by atoms with E-state index in [0.717, 1.165) is 22.7 Å². The number of rotatable bonds is 6. The lowest BCUT2D eigenvalue weighted by atomic mass is 9.81. The fourth-order valence-corrected chi connectivity index (χ4v) is 5.15. The topological polar surface area (TPSA) is 61.8 Å². The number of amides is 1. The third-order valence-electron chi connectivity index (χ3n) is 5.96. The lowest BCUT2D eigenvalue weighted by Gasteiger charge is -2.48. The van der Waals surface area contributed by atoms with E-state index in [0.29, 0.717) is 18.5 Å². The zero-order valence-corrected chi connectivity index (χ0v) is 18.6. The molecule has 6 heteroatoms. The summed E-state index contributed by atoms with van der Waals surface area (Å²) in [6, 6.07) is 20.7. The maximum atomic E-state index is 13.0. The van der Waals surface area contributed by atoms with Crippen LogP contribution in [0.5, 0.6) is 5.75 Å². The lowest BCUT2D eigenvalue weighted by Crippen LogP contribution is -2.62. The molecular formula is C25H28N2O3S. The summed E-state index contributed by atoms with van der Waals surface area (Å²) in [6.45, 7) is 3.25. The molecule has 31 heavy (non-hydrogen) atoms. The molecule has 3 atom stereocenters. The largest absolute Gasteiger partial charge is 0.497 e. The van der Waals surface area contributed by atoms with E-state index in [1.54, 1.807) is 30.6 Å². The highest BCUT2D eigenvalue weighted by atomic mass is 32.1. The number of hydrogen-bond acceptors (Lipinski definition) is 5. The molecule has 162 valence electrons. The van der Waals surface area contributed by atoms with Crippen LogP contribution in [-0.4, -0.2) is 41.2 Å². The van der Waals surface area contributed by atoms with Crippen molar-refractivity contribution in [2.24, 2.45) is 0 Å². The van der Waals surface area contributed by atoms with E-state index in [4.69, 9.17) is 4.74 Å². The molecule has 1 saturated heterocycles. The predicted octanol–water partition coefficient (Wildman–Crippen LogP) is 4.25. The molecule has 1 aromatic heterocycles. The number of thiophene rings is 1. The molecule has 0 bridgehead atoms. The van der Waals surface area contributed by atoms with Gasteiger partial charge in [-0.2, -0.15) is 0 Å². The normalized spacial score (nSPS) is 24.0. The Bertz CT molecular complexity index is 1000. The molecule has 3 aromatic rings. The predicted molar refractivity (Wildman–Crippen MR) is 123 cm³/mol. The van der Waals surface area contributed by atoms with E-state index in [9.17, 15) is 9.90 Å². The summed E-state index contributed by atoms with van der Waals surface area (Å²) in [5.41, 5.74) is 0.702. The van der Waals surface area contributed by atoms with Gasteiger partial charge in [-0.25, -0.2) is 0 Å². The summed E-state index contributed by atoms with van der Waals surface area (Å²) in [6.07, 6.45) is 0.568. The summed E-state index contributed by atoms with van der Waals surface area (Å²) in [5, 5.41) is 16.5. The minimum Gasteiger partial charge on any atom is -0.497 e. The van der Waals surface area contributed by atoms with Gasteiger partial charge in [-0.15, -0.1) is 11.3 Å². The van der Waals surface area contributed by atoms with Crippen LogP contribution < -0.4 is 10.1 Å². The van der Waals surface area contributed by atoms with Gasteiger partial charge in [0, 0.05) is 23.5 Å². The molecule has 0 saturated carbocycles. The number of piperidine rings is 1. The average molecular weight is 437 g/mol. The van der Waals surface area contributed by atoms with Crippen LogP contribution in [0.3, 0.4) is 0 Å². The van der Waals surface area contributed by atoms with E-state index in [2.05, 4.69) is 22.3 Å². The van der Waals surface area contributed by atoms with Crippen molar-refractivity contribution in [2.75, 3.05) is 13.7 Å². The van der Waals surface area contributed by atoms with Gasteiger partial charge in [0.15, 0.2) is 0 Å². The molecule has 0 radical (unpaired) electrons. The number of ether oxygens (including phenoxy) is 1. The van der Waals surface area contributed by atoms with Crippen LogP contribution in [0.4, 0.5) is 0 Å². The minimum absolute atomic E-state index is 0.136. The summed E-state index contributed by atoms with van der Waals surface area (Å²) in [4.78, 5) is 16.5. The molecule has 2 heterocycles. The monoisotopic (exact) mass is 436 g/mol. The number of methoxy groups -OCH3 is 1. The first kappa shape index (κ1) is 21.6. The van der Waals surface area contributed by atoms with Gasteiger partial charge in [0.05, 0.1) is 24.8 Å². The second-order valence-electron chi connectivity index (χ2n) is 8.21. The highest BCUT2D eigenvalue weighted by Gasteiger charge is 2.46. The Morgan fingerprint density at radius 3 is 2.71 bits per heavy atom. The molecule has 2 N–H and O–H groups in total. The summed E-state index contributed by atoms with van der Waals surface area (Å²) in [7, 11) is 1.67. The number of hydrogen-bond donors (Lipinski definition) is 2. The Labute approximate surface area is 187 Å². The van der Waals surface area contributed by atoms with Crippen molar-refractivity contribution in [3.8, 4) is 5.75 Å². The number of carbonyl (C=O) groups excluding carboxylic acids is 1. The van der Waals surface area contributed by atoms with Crippen molar-refractivity contribution in [3.05, 3.63) is 88.1 Å². The highest BCUT2D eigenvalue weighted by molar-refractivity contribution is 7.10. The molecule has 1 fully saturated rings. The van der Waals surface area contributed by atoms with E-state index in [1.165, 1.54) is 0 Å². The number of aliphatic hydroxyl groups is 1. The number of benzene rings is 2. The lowest BCUT2D eigenvalue weighted by molar-refractivity contribution is -0.0656. The van der Waals surface area contributed by atoms with Crippen molar-refractivity contribution in [1.82, 2.24) is 10.2 Å². The van der Waals surface area contributed by atoms with Gasteiger partial charge >= 0.3 is 0 Å². The zero-order valence-electron chi connectivity index (χ0n) is 17.8. The molecule has 0 aliphatic carbocycles. The second-order valence-corrected chi connectivity index (χ2v) is 9.19. The Hall–Kier alpha value is -2.67. The quantitative estimate of drug-likeness (QED) is 0.606. The number of nitrogens with one attached hydrogen (secondary N) is 1. The Morgan fingerprint density at radius 2 is 2.00 bits per heavy atom. The smallest absolute Gasteiger partial charge is 0.251 e. The van der Waals surface area contributed by atoms with Crippen molar-refractivity contribution in [1.29, 1.82) is 0 Å². The third-order valence-corrected chi connectivity index (χ3v) is 6.90. The van der Waals surface area contributed by atoms with Gasteiger partial charge < -0.3 is 15.2 Å². The minimum atomic E-state index is -1.02. The van der Waals surface area contributed by atoms with Crippen molar-refractivity contribution < 1.29 is 14.6 Å². The molecule has 1 aliphatic heterocycles. The van der Waals surface area contributed by atoms with Gasteiger partial charge in [0.2, 0.25) is 0 Å². The molecule has 4 rings (SSSR count). The number of nitrogens with zero attached hydrogens (tertiary/aromatic N) is 1. The first-order valence-electron chi connectivity index (χ1n) is 10.5. The zero-order chi connectivity index (χ0) is 21.8. The first-order chi connectivity index (χ1) is 15.0. The maximum absolute atomic E-state index is 13.0. The van der Waals surface area contributed by atoms with Crippen molar-refractivity contribution in [2.45, 2.75) is 37.6 Å². The summed E-state index contributed by atoms with van der Waals surface area (Å²) < 4.78 is 5.39. The van der Waals surface area contributed by atoms with Crippen LogP contribution >= 0.6 is 11.3 Å². The molecule has 3 unspecified atom stereocenters.